The van der Waals surface area contributed by atoms with Crippen LogP contribution in [-0.2, 0) is 11.6 Å². The van der Waals surface area contributed by atoms with E-state index in [0.717, 1.165) is 17.3 Å². The summed E-state index contributed by atoms with van der Waals surface area (Å²) in [7, 11) is 1.92. The highest BCUT2D eigenvalue weighted by molar-refractivity contribution is 14.0. The molecule has 1 unspecified atom stereocenters. The molecule has 1 aromatic carbocycles. The van der Waals surface area contributed by atoms with Crippen LogP contribution in [-0.4, -0.2) is 13.1 Å². The number of benzene rings is 1. The lowest BCUT2D eigenvalue weighted by molar-refractivity contribution is -0.137. The van der Waals surface area contributed by atoms with E-state index in [0.29, 0.717) is 0 Å². The Bertz CT molecular complexity index is 454. The predicted molar refractivity (Wildman–Crippen MR) is 77.8 cm³/mol. The Hall–Kier alpha value is -0.460. The number of fused-ring (bicyclic) bond motifs is 1. The molecule has 5 heteroatoms. The van der Waals surface area contributed by atoms with E-state index < -0.39 is 11.7 Å². The van der Waals surface area contributed by atoms with Crippen LogP contribution in [0.25, 0.3) is 0 Å². The van der Waals surface area contributed by atoms with Gasteiger partial charge < -0.3 is 4.90 Å². The zero-order valence-electron chi connectivity index (χ0n) is 10.8. The molecule has 0 radical (unpaired) electrons. The Morgan fingerprint density at radius 2 is 1.78 bits per heavy atom. The van der Waals surface area contributed by atoms with Crippen molar-refractivity contribution in [2.75, 3.05) is 11.9 Å². The summed E-state index contributed by atoms with van der Waals surface area (Å²) in [6, 6.07) is 4.21. The quantitative estimate of drug-likeness (QED) is 0.610. The van der Waals surface area contributed by atoms with Crippen LogP contribution in [0.15, 0.2) is 18.2 Å². The van der Waals surface area contributed by atoms with Gasteiger partial charge in [-0.05, 0) is 30.7 Å². The van der Waals surface area contributed by atoms with E-state index in [9.17, 15) is 13.2 Å². The molecule has 0 fully saturated rings. The minimum atomic E-state index is -4.27. The topological polar surface area (TPSA) is 3.24 Å². The number of rotatable bonds is 0. The number of hydrogen-bond acceptors (Lipinski definition) is 1. The Labute approximate surface area is 122 Å². The van der Waals surface area contributed by atoms with Crippen molar-refractivity contribution in [2.24, 2.45) is 0 Å². The highest BCUT2D eigenvalue weighted by atomic mass is 127. The summed E-state index contributed by atoms with van der Waals surface area (Å²) in [5.41, 5.74) is 0.857. The standard InChI is InChI=1S/C13H16F3N.HI/c1-8-12(2,3)10-7-9(13(14,15)16)5-6-11(10)17(8)4;/h5-8H,1-4H3;1H. The maximum absolute atomic E-state index is 12.7. The fraction of sp³-hybridized carbons (Fsp3) is 0.538. The molecule has 0 N–H and O–H groups in total. The van der Waals surface area contributed by atoms with Gasteiger partial charge in [0.25, 0.3) is 0 Å². The van der Waals surface area contributed by atoms with Crippen molar-refractivity contribution in [2.45, 2.75) is 38.4 Å². The second-order valence-electron chi connectivity index (χ2n) is 5.24. The van der Waals surface area contributed by atoms with Gasteiger partial charge in [-0.25, -0.2) is 0 Å². The van der Waals surface area contributed by atoms with Gasteiger partial charge in [-0.3, -0.25) is 0 Å². The van der Waals surface area contributed by atoms with E-state index in [-0.39, 0.29) is 35.4 Å². The average molecular weight is 371 g/mol. The molecule has 1 heterocycles. The fourth-order valence-electron chi connectivity index (χ4n) is 2.45. The van der Waals surface area contributed by atoms with Crippen molar-refractivity contribution in [1.82, 2.24) is 0 Å². The first-order valence-corrected chi connectivity index (χ1v) is 5.60. The highest BCUT2D eigenvalue weighted by Crippen LogP contribution is 2.46. The smallest absolute Gasteiger partial charge is 0.371 e. The number of hydrogen-bond donors (Lipinski definition) is 0. The summed E-state index contributed by atoms with van der Waals surface area (Å²) in [6.45, 7) is 6.01. The molecule has 1 aliphatic rings. The Morgan fingerprint density at radius 3 is 2.28 bits per heavy atom. The summed E-state index contributed by atoms with van der Waals surface area (Å²) in [5.74, 6) is 0. The highest BCUT2D eigenvalue weighted by Gasteiger charge is 2.42. The SMILES string of the molecule is CC1N(C)c2ccc(C(F)(F)F)cc2C1(C)C.I. The molecule has 1 aliphatic heterocycles. The lowest BCUT2D eigenvalue weighted by Gasteiger charge is -2.28. The van der Waals surface area contributed by atoms with Crippen molar-refractivity contribution in [3.05, 3.63) is 29.3 Å². The molecule has 0 spiro atoms. The lowest BCUT2D eigenvalue weighted by Crippen LogP contribution is -2.36. The number of nitrogens with zero attached hydrogens (tertiary/aromatic N) is 1. The fourth-order valence-corrected chi connectivity index (χ4v) is 2.45. The van der Waals surface area contributed by atoms with Crippen molar-refractivity contribution < 1.29 is 13.2 Å². The van der Waals surface area contributed by atoms with Crippen LogP contribution in [0.5, 0.6) is 0 Å². The van der Waals surface area contributed by atoms with E-state index in [1.165, 1.54) is 6.07 Å². The van der Waals surface area contributed by atoms with Crippen LogP contribution in [0.4, 0.5) is 18.9 Å². The molecule has 0 aliphatic carbocycles. The minimum Gasteiger partial charge on any atom is -0.371 e. The van der Waals surface area contributed by atoms with Crippen LogP contribution in [0.3, 0.4) is 0 Å². The van der Waals surface area contributed by atoms with Gasteiger partial charge in [-0.1, -0.05) is 13.8 Å². The Balaban J connectivity index is 0.00000162. The first-order valence-electron chi connectivity index (χ1n) is 5.60. The molecule has 0 saturated heterocycles. The molecular weight excluding hydrogens is 354 g/mol. The van der Waals surface area contributed by atoms with Crippen molar-refractivity contribution in [1.29, 1.82) is 0 Å². The van der Waals surface area contributed by atoms with Gasteiger partial charge in [0.15, 0.2) is 0 Å². The van der Waals surface area contributed by atoms with Gasteiger partial charge in [-0.2, -0.15) is 13.2 Å². The first kappa shape index (κ1) is 15.6. The zero-order valence-corrected chi connectivity index (χ0v) is 13.1. The second-order valence-corrected chi connectivity index (χ2v) is 5.24. The molecule has 1 atom stereocenters. The number of alkyl halides is 3. The van der Waals surface area contributed by atoms with E-state index in [4.69, 9.17) is 0 Å². The molecule has 1 nitrogen and oxygen atoms in total. The van der Waals surface area contributed by atoms with Gasteiger partial charge in [0, 0.05) is 24.2 Å². The number of halogens is 4. The maximum Gasteiger partial charge on any atom is 0.416 e. The summed E-state index contributed by atoms with van der Waals surface area (Å²) in [5, 5.41) is 0. The third-order valence-corrected chi connectivity index (χ3v) is 4.02. The van der Waals surface area contributed by atoms with E-state index in [1.54, 1.807) is 6.07 Å². The van der Waals surface area contributed by atoms with Gasteiger partial charge in [-0.15, -0.1) is 24.0 Å². The second kappa shape index (κ2) is 4.58. The monoisotopic (exact) mass is 371 g/mol. The van der Waals surface area contributed by atoms with Gasteiger partial charge in [0.05, 0.1) is 5.56 Å². The number of likely N-dealkylation sites (N-methyl/N-ethyl adjacent to an activating group) is 1. The molecule has 0 amide bonds. The summed E-state index contributed by atoms with van der Waals surface area (Å²) in [4.78, 5) is 2.04. The Morgan fingerprint density at radius 1 is 1.22 bits per heavy atom. The molecular formula is C13H17F3IN. The zero-order chi connectivity index (χ0) is 13.0. The van der Waals surface area contributed by atoms with E-state index in [1.807, 2.05) is 32.7 Å². The van der Waals surface area contributed by atoms with Crippen LogP contribution in [0.1, 0.15) is 31.9 Å². The van der Waals surface area contributed by atoms with Crippen LogP contribution in [0.2, 0.25) is 0 Å². The normalized spacial score (nSPS) is 21.5. The van der Waals surface area contributed by atoms with E-state index >= 15 is 0 Å². The Kier molecular flexibility index (Phi) is 3.97. The van der Waals surface area contributed by atoms with Crippen LogP contribution >= 0.6 is 24.0 Å². The lowest BCUT2D eigenvalue weighted by atomic mass is 9.81. The van der Waals surface area contributed by atoms with Crippen LogP contribution < -0.4 is 4.90 Å². The average Bonchev–Trinajstić information content (AvgIpc) is 2.39. The van der Waals surface area contributed by atoms with Crippen molar-refractivity contribution >= 4 is 29.7 Å². The molecule has 0 aromatic heterocycles. The minimum absolute atomic E-state index is 0. The molecule has 1 aromatic rings. The van der Waals surface area contributed by atoms with Gasteiger partial charge in [0.1, 0.15) is 0 Å². The van der Waals surface area contributed by atoms with Gasteiger partial charge in [0.2, 0.25) is 0 Å². The largest absolute Gasteiger partial charge is 0.416 e. The predicted octanol–water partition coefficient (Wildman–Crippen LogP) is 4.44. The third kappa shape index (κ3) is 2.21. The number of anilines is 1. The molecule has 102 valence electrons. The van der Waals surface area contributed by atoms with Crippen molar-refractivity contribution in [3.8, 4) is 0 Å². The first-order chi connectivity index (χ1) is 7.65. The summed E-state index contributed by atoms with van der Waals surface area (Å²) >= 11 is 0. The van der Waals surface area contributed by atoms with Crippen molar-refractivity contribution in [3.63, 3.8) is 0 Å². The maximum atomic E-state index is 12.7. The molecule has 0 bridgehead atoms. The summed E-state index contributed by atoms with van der Waals surface area (Å²) in [6.07, 6.45) is -4.27. The van der Waals surface area contributed by atoms with E-state index in [2.05, 4.69) is 0 Å². The third-order valence-electron chi connectivity index (χ3n) is 4.02. The van der Waals surface area contributed by atoms with Crippen LogP contribution in [0, 0.1) is 0 Å². The van der Waals surface area contributed by atoms with Gasteiger partial charge >= 0.3 is 6.18 Å². The summed E-state index contributed by atoms with van der Waals surface area (Å²) < 4.78 is 38.1. The molecule has 18 heavy (non-hydrogen) atoms. The molecule has 0 saturated carbocycles. The molecule has 2 rings (SSSR count).